The van der Waals surface area contributed by atoms with Gasteiger partial charge in [0.1, 0.15) is 0 Å². The second-order valence-electron chi connectivity index (χ2n) is 6.27. The van der Waals surface area contributed by atoms with Crippen LogP contribution in [0.4, 0.5) is 10.5 Å². The topological polar surface area (TPSA) is 84.2 Å². The van der Waals surface area contributed by atoms with Gasteiger partial charge in [-0.05, 0) is 55.5 Å². The number of aryl methyl sites for hydroxylation is 1. The second kappa shape index (κ2) is 6.74. The molecule has 0 aliphatic heterocycles. The number of nitrogens with one attached hydrogen (secondary N) is 2. The van der Waals surface area contributed by atoms with Crippen LogP contribution >= 0.6 is 0 Å². The molecule has 0 heterocycles. The number of nitrogens with two attached hydrogens (primary N) is 1. The van der Waals surface area contributed by atoms with E-state index in [1.807, 2.05) is 0 Å². The standard InChI is InChI=1S/C19H21N3O2/c1-12-2-4-13(5-3-12)17(14-6-7-14)22-18(23)15-8-10-16(11-9-15)21-19(20)24/h2-5,8-11,14,17H,6-7H2,1H3,(H,22,23)(H3,20,21,24). The van der Waals surface area contributed by atoms with Gasteiger partial charge in [-0.3, -0.25) is 4.79 Å². The Morgan fingerprint density at radius 3 is 2.21 bits per heavy atom. The summed E-state index contributed by atoms with van der Waals surface area (Å²) < 4.78 is 0. The quantitative estimate of drug-likeness (QED) is 0.788. The summed E-state index contributed by atoms with van der Waals surface area (Å²) in [6, 6.07) is 14.4. The van der Waals surface area contributed by atoms with Crippen LogP contribution in [0.3, 0.4) is 0 Å². The molecule has 0 radical (unpaired) electrons. The summed E-state index contributed by atoms with van der Waals surface area (Å²) >= 11 is 0. The molecule has 1 fully saturated rings. The molecule has 1 aliphatic carbocycles. The Balaban J connectivity index is 1.71. The highest BCUT2D eigenvalue weighted by atomic mass is 16.2. The zero-order chi connectivity index (χ0) is 17.1. The molecule has 5 nitrogen and oxygen atoms in total. The van der Waals surface area contributed by atoms with E-state index in [0.29, 0.717) is 17.2 Å². The third-order valence-corrected chi connectivity index (χ3v) is 4.23. The number of urea groups is 1. The van der Waals surface area contributed by atoms with Crippen LogP contribution in [0.15, 0.2) is 48.5 Å². The van der Waals surface area contributed by atoms with Crippen molar-refractivity contribution in [3.63, 3.8) is 0 Å². The molecule has 0 spiro atoms. The molecular weight excluding hydrogens is 302 g/mol. The minimum absolute atomic E-state index is 0.0431. The van der Waals surface area contributed by atoms with Gasteiger partial charge in [0.15, 0.2) is 0 Å². The van der Waals surface area contributed by atoms with E-state index < -0.39 is 6.03 Å². The van der Waals surface area contributed by atoms with Gasteiger partial charge in [-0.15, -0.1) is 0 Å². The van der Waals surface area contributed by atoms with Gasteiger partial charge in [0, 0.05) is 11.3 Å². The fourth-order valence-corrected chi connectivity index (χ4v) is 2.75. The second-order valence-corrected chi connectivity index (χ2v) is 6.27. The maximum Gasteiger partial charge on any atom is 0.316 e. The number of primary amides is 1. The zero-order valence-corrected chi connectivity index (χ0v) is 13.6. The minimum atomic E-state index is -0.625. The van der Waals surface area contributed by atoms with E-state index >= 15 is 0 Å². The number of anilines is 1. The van der Waals surface area contributed by atoms with E-state index in [1.165, 1.54) is 5.56 Å². The Kier molecular flexibility index (Phi) is 4.51. The van der Waals surface area contributed by atoms with Crippen molar-refractivity contribution >= 4 is 17.6 Å². The molecule has 3 rings (SSSR count). The first-order valence-electron chi connectivity index (χ1n) is 8.07. The number of hydrogen-bond acceptors (Lipinski definition) is 2. The summed E-state index contributed by atoms with van der Waals surface area (Å²) in [5.41, 5.74) is 8.55. The van der Waals surface area contributed by atoms with Gasteiger partial charge in [-0.2, -0.15) is 0 Å². The first-order chi connectivity index (χ1) is 11.5. The highest BCUT2D eigenvalue weighted by Crippen LogP contribution is 2.41. The van der Waals surface area contributed by atoms with Crippen LogP contribution in [0, 0.1) is 12.8 Å². The molecular formula is C19H21N3O2. The minimum Gasteiger partial charge on any atom is -0.351 e. The van der Waals surface area contributed by atoms with E-state index in [0.717, 1.165) is 18.4 Å². The largest absolute Gasteiger partial charge is 0.351 e. The molecule has 124 valence electrons. The summed E-state index contributed by atoms with van der Waals surface area (Å²) in [7, 11) is 0. The molecule has 0 saturated heterocycles. The van der Waals surface area contributed by atoms with Crippen molar-refractivity contribution < 1.29 is 9.59 Å². The summed E-state index contributed by atoms with van der Waals surface area (Å²) in [6.45, 7) is 2.05. The van der Waals surface area contributed by atoms with Crippen molar-refractivity contribution in [2.75, 3.05) is 5.32 Å². The fraction of sp³-hybridized carbons (Fsp3) is 0.263. The number of benzene rings is 2. The Bertz CT molecular complexity index is 734. The molecule has 2 aromatic rings. The molecule has 2 aromatic carbocycles. The van der Waals surface area contributed by atoms with Crippen molar-refractivity contribution in [2.45, 2.75) is 25.8 Å². The number of carbonyl (C=O) groups is 2. The van der Waals surface area contributed by atoms with E-state index in [2.05, 4.69) is 41.8 Å². The van der Waals surface area contributed by atoms with Crippen LogP contribution in [0.2, 0.25) is 0 Å². The van der Waals surface area contributed by atoms with Crippen molar-refractivity contribution in [3.05, 3.63) is 65.2 Å². The molecule has 3 amide bonds. The molecule has 0 aromatic heterocycles. The van der Waals surface area contributed by atoms with Crippen LogP contribution in [0.1, 0.15) is 40.4 Å². The van der Waals surface area contributed by atoms with Gasteiger partial charge >= 0.3 is 6.03 Å². The monoisotopic (exact) mass is 323 g/mol. The van der Waals surface area contributed by atoms with Crippen LogP contribution in [0.25, 0.3) is 0 Å². The van der Waals surface area contributed by atoms with Gasteiger partial charge < -0.3 is 16.4 Å². The Hall–Kier alpha value is -2.82. The SMILES string of the molecule is Cc1ccc(C(NC(=O)c2ccc(NC(N)=O)cc2)C2CC2)cc1. The molecule has 5 heteroatoms. The van der Waals surface area contributed by atoms with Crippen LogP contribution < -0.4 is 16.4 Å². The summed E-state index contributed by atoms with van der Waals surface area (Å²) in [5, 5.41) is 5.62. The van der Waals surface area contributed by atoms with E-state index in [-0.39, 0.29) is 11.9 Å². The lowest BCUT2D eigenvalue weighted by atomic mass is 10.0. The lowest BCUT2D eigenvalue weighted by molar-refractivity contribution is 0.0931. The van der Waals surface area contributed by atoms with Gasteiger partial charge in [-0.25, -0.2) is 4.79 Å². The third-order valence-electron chi connectivity index (χ3n) is 4.23. The summed E-state index contributed by atoms with van der Waals surface area (Å²) in [4.78, 5) is 23.4. The van der Waals surface area contributed by atoms with E-state index in [9.17, 15) is 9.59 Å². The van der Waals surface area contributed by atoms with Crippen LogP contribution in [-0.4, -0.2) is 11.9 Å². The maximum atomic E-state index is 12.5. The smallest absolute Gasteiger partial charge is 0.316 e. The third kappa shape index (κ3) is 3.93. The summed E-state index contributed by atoms with van der Waals surface area (Å²) in [5.74, 6) is 0.394. The first-order valence-corrected chi connectivity index (χ1v) is 8.07. The summed E-state index contributed by atoms with van der Waals surface area (Å²) in [6.07, 6.45) is 2.28. The average Bonchev–Trinajstić information content (AvgIpc) is 3.38. The molecule has 1 unspecified atom stereocenters. The number of rotatable bonds is 5. The van der Waals surface area contributed by atoms with Crippen molar-refractivity contribution in [2.24, 2.45) is 11.7 Å². The average molecular weight is 323 g/mol. The Morgan fingerprint density at radius 2 is 1.67 bits per heavy atom. The van der Waals surface area contributed by atoms with Crippen LogP contribution in [-0.2, 0) is 0 Å². The van der Waals surface area contributed by atoms with Crippen molar-refractivity contribution in [3.8, 4) is 0 Å². The first kappa shape index (κ1) is 16.1. The molecule has 24 heavy (non-hydrogen) atoms. The molecule has 4 N–H and O–H groups in total. The van der Waals surface area contributed by atoms with Crippen molar-refractivity contribution in [1.82, 2.24) is 5.32 Å². The lowest BCUT2D eigenvalue weighted by Crippen LogP contribution is -2.29. The van der Waals surface area contributed by atoms with E-state index in [4.69, 9.17) is 5.73 Å². The number of hydrogen-bond donors (Lipinski definition) is 3. The van der Waals surface area contributed by atoms with Gasteiger partial charge in [0.05, 0.1) is 6.04 Å². The highest BCUT2D eigenvalue weighted by molar-refractivity contribution is 5.95. The number of amides is 3. The normalized spacial score (nSPS) is 14.7. The predicted molar refractivity (Wildman–Crippen MR) is 93.8 cm³/mol. The van der Waals surface area contributed by atoms with Crippen molar-refractivity contribution in [1.29, 1.82) is 0 Å². The van der Waals surface area contributed by atoms with Gasteiger partial charge in [0.25, 0.3) is 5.91 Å². The predicted octanol–water partition coefficient (Wildman–Crippen LogP) is 3.37. The molecule has 0 bridgehead atoms. The van der Waals surface area contributed by atoms with E-state index in [1.54, 1.807) is 24.3 Å². The van der Waals surface area contributed by atoms with Gasteiger partial charge in [-0.1, -0.05) is 29.8 Å². The Labute approximate surface area is 141 Å². The molecule has 1 atom stereocenters. The molecule has 1 aliphatic rings. The van der Waals surface area contributed by atoms with Crippen LogP contribution in [0.5, 0.6) is 0 Å². The molecule has 1 saturated carbocycles. The lowest BCUT2D eigenvalue weighted by Gasteiger charge is -2.19. The van der Waals surface area contributed by atoms with Gasteiger partial charge in [0.2, 0.25) is 0 Å². The maximum absolute atomic E-state index is 12.5. The highest BCUT2D eigenvalue weighted by Gasteiger charge is 2.33. The number of carbonyl (C=O) groups excluding carboxylic acids is 2. The Morgan fingerprint density at radius 1 is 1.04 bits per heavy atom. The zero-order valence-electron chi connectivity index (χ0n) is 13.6. The fourth-order valence-electron chi connectivity index (χ4n) is 2.75.